The number of hydrogen-bond acceptors (Lipinski definition) is 3. The Morgan fingerprint density at radius 3 is 2.46 bits per heavy atom. The predicted molar refractivity (Wildman–Crippen MR) is 89.5 cm³/mol. The van der Waals surface area contributed by atoms with Gasteiger partial charge in [0.2, 0.25) is 0 Å². The van der Waals surface area contributed by atoms with E-state index in [0.717, 1.165) is 15.7 Å². The lowest BCUT2D eigenvalue weighted by Crippen LogP contribution is -2.21. The van der Waals surface area contributed by atoms with Crippen LogP contribution in [0.25, 0.3) is 0 Å². The Bertz CT molecular complexity index is 762. The van der Waals surface area contributed by atoms with E-state index in [4.69, 9.17) is 4.74 Å². The van der Waals surface area contributed by atoms with Crippen LogP contribution in [-0.2, 0) is 15.7 Å². The molecule has 0 aliphatic heterocycles. The summed E-state index contributed by atoms with van der Waals surface area (Å²) < 4.78 is 43.5. The van der Waals surface area contributed by atoms with E-state index in [9.17, 15) is 22.8 Å². The first-order chi connectivity index (χ1) is 11.3. The summed E-state index contributed by atoms with van der Waals surface area (Å²) in [4.78, 5) is 23.5. The van der Waals surface area contributed by atoms with Gasteiger partial charge in [0.15, 0.2) is 6.61 Å². The molecule has 1 amide bonds. The van der Waals surface area contributed by atoms with Gasteiger partial charge < -0.3 is 10.1 Å². The Kier molecular flexibility index (Phi) is 5.81. The van der Waals surface area contributed by atoms with E-state index in [2.05, 4.69) is 5.32 Å². The summed E-state index contributed by atoms with van der Waals surface area (Å²) in [6, 6.07) is 10.8. The second-order valence-electron chi connectivity index (χ2n) is 4.71. The molecule has 0 fully saturated rings. The van der Waals surface area contributed by atoms with Gasteiger partial charge in [0.05, 0.1) is 11.1 Å². The number of hydrogen-bond donors (Lipinski definition) is 1. The molecule has 0 heterocycles. The molecule has 0 aliphatic carbocycles. The Balaban J connectivity index is 1.93. The van der Waals surface area contributed by atoms with Crippen LogP contribution >= 0.6 is 22.6 Å². The third-order valence-electron chi connectivity index (χ3n) is 2.87. The SMILES string of the molecule is O=C(COC(=O)c1cccc(I)c1)Nc1cccc(C(F)(F)F)c1. The molecule has 0 spiro atoms. The summed E-state index contributed by atoms with van der Waals surface area (Å²) in [7, 11) is 0. The van der Waals surface area contributed by atoms with Gasteiger partial charge in [-0.2, -0.15) is 13.2 Å². The van der Waals surface area contributed by atoms with Crippen molar-refractivity contribution in [3.8, 4) is 0 Å². The number of esters is 1. The monoisotopic (exact) mass is 449 g/mol. The number of nitrogens with one attached hydrogen (secondary N) is 1. The zero-order chi connectivity index (χ0) is 17.7. The zero-order valence-corrected chi connectivity index (χ0v) is 14.2. The summed E-state index contributed by atoms with van der Waals surface area (Å²) in [5.41, 5.74) is -0.620. The van der Waals surface area contributed by atoms with Crippen molar-refractivity contribution in [2.45, 2.75) is 6.18 Å². The molecule has 2 aromatic rings. The lowest BCUT2D eigenvalue weighted by Gasteiger charge is -2.10. The molecular formula is C16H11F3INO3. The number of amides is 1. The van der Waals surface area contributed by atoms with Crippen molar-refractivity contribution >= 4 is 40.2 Å². The van der Waals surface area contributed by atoms with Gasteiger partial charge in [-0.15, -0.1) is 0 Å². The van der Waals surface area contributed by atoms with E-state index < -0.39 is 30.2 Å². The normalized spacial score (nSPS) is 11.0. The van der Waals surface area contributed by atoms with E-state index >= 15 is 0 Å². The van der Waals surface area contributed by atoms with E-state index in [-0.39, 0.29) is 11.3 Å². The number of benzene rings is 2. The van der Waals surface area contributed by atoms with Gasteiger partial charge in [-0.05, 0) is 59.0 Å². The molecule has 2 rings (SSSR count). The van der Waals surface area contributed by atoms with Crippen LogP contribution in [0.3, 0.4) is 0 Å². The average Bonchev–Trinajstić information content (AvgIpc) is 2.52. The first-order valence-electron chi connectivity index (χ1n) is 6.65. The number of carbonyl (C=O) groups is 2. The Morgan fingerprint density at radius 2 is 1.79 bits per heavy atom. The number of halogens is 4. The molecular weight excluding hydrogens is 438 g/mol. The fourth-order valence-electron chi connectivity index (χ4n) is 1.80. The summed E-state index contributed by atoms with van der Waals surface area (Å²) in [5, 5.41) is 2.25. The van der Waals surface area contributed by atoms with Gasteiger partial charge in [0.25, 0.3) is 5.91 Å². The van der Waals surface area contributed by atoms with Crippen molar-refractivity contribution in [3.63, 3.8) is 0 Å². The standard InChI is InChI=1S/C16H11F3INO3/c17-16(18,19)11-4-2-6-13(8-11)21-14(22)9-24-15(23)10-3-1-5-12(20)7-10/h1-8H,9H2,(H,21,22). The molecule has 4 nitrogen and oxygen atoms in total. The van der Waals surface area contributed by atoms with Gasteiger partial charge >= 0.3 is 12.1 Å². The predicted octanol–water partition coefficient (Wildman–Crippen LogP) is 4.11. The number of anilines is 1. The molecule has 0 saturated carbocycles. The number of carbonyl (C=O) groups excluding carboxylic acids is 2. The van der Waals surface area contributed by atoms with Crippen LogP contribution < -0.4 is 5.32 Å². The minimum Gasteiger partial charge on any atom is -0.452 e. The van der Waals surface area contributed by atoms with Crippen molar-refractivity contribution in [2.75, 3.05) is 11.9 Å². The van der Waals surface area contributed by atoms with Gasteiger partial charge in [-0.1, -0.05) is 12.1 Å². The number of rotatable bonds is 4. The molecule has 8 heteroatoms. The minimum absolute atomic E-state index is 0.0277. The largest absolute Gasteiger partial charge is 0.452 e. The van der Waals surface area contributed by atoms with Crippen molar-refractivity contribution < 1.29 is 27.5 Å². The molecule has 0 bridgehead atoms. The van der Waals surface area contributed by atoms with Crippen molar-refractivity contribution in [2.24, 2.45) is 0 Å². The highest BCUT2D eigenvalue weighted by molar-refractivity contribution is 14.1. The fourth-order valence-corrected chi connectivity index (χ4v) is 2.34. The van der Waals surface area contributed by atoms with E-state index in [1.165, 1.54) is 18.2 Å². The highest BCUT2D eigenvalue weighted by Gasteiger charge is 2.30. The highest BCUT2D eigenvalue weighted by Crippen LogP contribution is 2.30. The third kappa shape index (κ3) is 5.22. The molecule has 0 unspecified atom stereocenters. The third-order valence-corrected chi connectivity index (χ3v) is 3.54. The lowest BCUT2D eigenvalue weighted by atomic mass is 10.2. The molecule has 0 radical (unpaired) electrons. The molecule has 24 heavy (non-hydrogen) atoms. The maximum absolute atomic E-state index is 12.6. The Labute approximate surface area is 149 Å². The number of alkyl halides is 3. The second-order valence-corrected chi connectivity index (χ2v) is 5.96. The molecule has 1 N–H and O–H groups in total. The first kappa shape index (κ1) is 18.2. The van der Waals surface area contributed by atoms with Crippen molar-refractivity contribution in [1.29, 1.82) is 0 Å². The van der Waals surface area contributed by atoms with Crippen LogP contribution in [0.4, 0.5) is 18.9 Å². The van der Waals surface area contributed by atoms with E-state index in [1.54, 1.807) is 18.2 Å². The summed E-state index contributed by atoms with van der Waals surface area (Å²) in [5.74, 6) is -1.42. The van der Waals surface area contributed by atoms with Crippen LogP contribution in [0.15, 0.2) is 48.5 Å². The van der Waals surface area contributed by atoms with Gasteiger partial charge in [-0.3, -0.25) is 4.79 Å². The Morgan fingerprint density at radius 1 is 1.08 bits per heavy atom. The lowest BCUT2D eigenvalue weighted by molar-refractivity contribution is -0.137. The summed E-state index contributed by atoms with van der Waals surface area (Å²) in [6.07, 6.45) is -4.50. The molecule has 0 saturated heterocycles. The second kappa shape index (κ2) is 7.65. The molecule has 0 atom stereocenters. The number of ether oxygens (including phenoxy) is 1. The maximum Gasteiger partial charge on any atom is 0.416 e. The van der Waals surface area contributed by atoms with Gasteiger partial charge in [0.1, 0.15) is 0 Å². The molecule has 0 aliphatic rings. The van der Waals surface area contributed by atoms with Crippen LogP contribution in [0.2, 0.25) is 0 Å². The van der Waals surface area contributed by atoms with Crippen LogP contribution in [0.5, 0.6) is 0 Å². The first-order valence-corrected chi connectivity index (χ1v) is 7.73. The topological polar surface area (TPSA) is 55.4 Å². The molecule has 2 aromatic carbocycles. The zero-order valence-electron chi connectivity index (χ0n) is 12.1. The molecule has 0 aromatic heterocycles. The van der Waals surface area contributed by atoms with Crippen molar-refractivity contribution in [1.82, 2.24) is 0 Å². The van der Waals surface area contributed by atoms with E-state index in [0.29, 0.717) is 0 Å². The van der Waals surface area contributed by atoms with E-state index in [1.807, 2.05) is 22.6 Å². The molecule has 126 valence electrons. The maximum atomic E-state index is 12.6. The summed E-state index contributed by atoms with van der Waals surface area (Å²) in [6.45, 7) is -0.597. The van der Waals surface area contributed by atoms with Gasteiger partial charge in [-0.25, -0.2) is 4.79 Å². The quantitative estimate of drug-likeness (QED) is 0.565. The van der Waals surface area contributed by atoms with Crippen LogP contribution in [0.1, 0.15) is 15.9 Å². The van der Waals surface area contributed by atoms with Crippen LogP contribution in [-0.4, -0.2) is 18.5 Å². The fraction of sp³-hybridized carbons (Fsp3) is 0.125. The highest BCUT2D eigenvalue weighted by atomic mass is 127. The Hall–Kier alpha value is -2.10. The van der Waals surface area contributed by atoms with Gasteiger partial charge in [0, 0.05) is 9.26 Å². The van der Waals surface area contributed by atoms with Crippen molar-refractivity contribution in [3.05, 3.63) is 63.2 Å². The summed E-state index contributed by atoms with van der Waals surface area (Å²) >= 11 is 2.03. The smallest absolute Gasteiger partial charge is 0.416 e. The average molecular weight is 449 g/mol. The minimum atomic E-state index is -4.50. The van der Waals surface area contributed by atoms with Crippen LogP contribution in [0, 0.1) is 3.57 Å².